The Morgan fingerprint density at radius 1 is 0.889 bits per heavy atom. The summed E-state index contributed by atoms with van der Waals surface area (Å²) < 4.78 is 0. The highest BCUT2D eigenvalue weighted by molar-refractivity contribution is 6.20. The molecular weight excluding hydrogens is 348 g/mol. The van der Waals surface area contributed by atoms with Crippen LogP contribution in [0, 0.1) is 29.6 Å². The van der Waals surface area contributed by atoms with Crippen molar-refractivity contribution in [3.8, 4) is 11.8 Å². The normalized spacial score (nSPS) is 28.2. The summed E-state index contributed by atoms with van der Waals surface area (Å²) in [7, 11) is 0. The number of rotatable bonds is 6. The van der Waals surface area contributed by atoms with Crippen molar-refractivity contribution in [1.82, 2.24) is 0 Å². The molecule has 0 aliphatic heterocycles. The number of alkyl halides is 1. The van der Waals surface area contributed by atoms with Gasteiger partial charge in [0.05, 0.1) is 0 Å². The molecule has 0 bridgehead atoms. The van der Waals surface area contributed by atoms with Crippen LogP contribution in [-0.2, 0) is 6.42 Å². The molecule has 1 aromatic rings. The summed E-state index contributed by atoms with van der Waals surface area (Å²) in [4.78, 5) is 0. The van der Waals surface area contributed by atoms with Crippen molar-refractivity contribution < 1.29 is 0 Å². The molecule has 2 saturated carbocycles. The third-order valence-electron chi connectivity index (χ3n) is 6.62. The molecule has 0 amide bonds. The van der Waals surface area contributed by atoms with Gasteiger partial charge in [0.1, 0.15) is 0 Å². The second-order valence-corrected chi connectivity index (χ2v) is 9.32. The molecule has 0 radical (unpaired) electrons. The summed E-state index contributed by atoms with van der Waals surface area (Å²) >= 11 is 6.18. The summed E-state index contributed by atoms with van der Waals surface area (Å²) in [5, 5.41) is 0.379. The first-order valence-electron chi connectivity index (χ1n) is 11.1. The zero-order valence-corrected chi connectivity index (χ0v) is 17.5. The Morgan fingerprint density at radius 2 is 1.52 bits per heavy atom. The molecule has 0 unspecified atom stereocenters. The lowest BCUT2D eigenvalue weighted by Gasteiger charge is -2.28. The minimum absolute atomic E-state index is 0.379. The van der Waals surface area contributed by atoms with Gasteiger partial charge in [0.15, 0.2) is 0 Å². The maximum atomic E-state index is 6.18. The number of aryl methyl sites for hydroxylation is 1. The van der Waals surface area contributed by atoms with Gasteiger partial charge in [-0.25, -0.2) is 0 Å². The molecule has 1 heteroatoms. The summed E-state index contributed by atoms with van der Waals surface area (Å²) in [6, 6.07) is 8.99. The van der Waals surface area contributed by atoms with Crippen molar-refractivity contribution in [2.75, 3.05) is 0 Å². The van der Waals surface area contributed by atoms with E-state index in [9.17, 15) is 0 Å². The first-order chi connectivity index (χ1) is 13.2. The number of benzene rings is 1. The Hall–Kier alpha value is -1.19. The maximum absolute atomic E-state index is 6.18. The number of allylic oxidation sites excluding steroid dienone is 1. The van der Waals surface area contributed by atoms with Crippen molar-refractivity contribution in [3.63, 3.8) is 0 Å². The van der Waals surface area contributed by atoms with E-state index in [-0.39, 0.29) is 0 Å². The van der Waals surface area contributed by atoms with Crippen LogP contribution in [0.5, 0.6) is 0 Å². The quantitative estimate of drug-likeness (QED) is 0.271. The van der Waals surface area contributed by atoms with Crippen LogP contribution < -0.4 is 0 Å². The lowest BCUT2D eigenvalue weighted by Crippen LogP contribution is -2.15. The van der Waals surface area contributed by atoms with Gasteiger partial charge in [-0.3, -0.25) is 0 Å². The van der Waals surface area contributed by atoms with Crippen LogP contribution in [0.4, 0.5) is 0 Å². The predicted octanol–water partition coefficient (Wildman–Crippen LogP) is 7.54. The summed E-state index contributed by atoms with van der Waals surface area (Å²) in [5.41, 5.74) is 2.63. The fourth-order valence-corrected chi connectivity index (χ4v) is 4.92. The second kappa shape index (κ2) is 11.0. The second-order valence-electron chi connectivity index (χ2n) is 8.71. The molecule has 3 rings (SSSR count). The lowest BCUT2D eigenvalue weighted by molar-refractivity contribution is 0.254. The van der Waals surface area contributed by atoms with E-state index in [2.05, 4.69) is 48.8 Å². The third kappa shape index (κ3) is 7.04. The molecule has 0 heterocycles. The van der Waals surface area contributed by atoms with Crippen molar-refractivity contribution in [2.45, 2.75) is 82.4 Å². The van der Waals surface area contributed by atoms with Crippen molar-refractivity contribution in [3.05, 3.63) is 48.0 Å². The van der Waals surface area contributed by atoms with Crippen LogP contribution in [0.2, 0.25) is 0 Å². The number of hydrogen-bond donors (Lipinski definition) is 0. The molecule has 0 saturated heterocycles. The van der Waals surface area contributed by atoms with Gasteiger partial charge in [0.25, 0.3) is 0 Å². The SMILES string of the molecule is C=CCC[C@H]1CC[C@H](CCc2ccc(C#C[C@H]3CC[C@H](Cl)CC3)cc2)CC1. The Bertz CT molecular complexity index is 616. The van der Waals surface area contributed by atoms with Gasteiger partial charge in [0.2, 0.25) is 0 Å². The Kier molecular flexibility index (Phi) is 8.34. The summed E-state index contributed by atoms with van der Waals surface area (Å²) in [6.07, 6.45) is 17.5. The van der Waals surface area contributed by atoms with E-state index in [1.165, 1.54) is 56.9 Å². The third-order valence-corrected chi connectivity index (χ3v) is 7.05. The van der Waals surface area contributed by atoms with Gasteiger partial charge in [-0.2, -0.15) is 0 Å². The van der Waals surface area contributed by atoms with Crippen molar-refractivity contribution in [2.24, 2.45) is 17.8 Å². The minimum atomic E-state index is 0.379. The maximum Gasteiger partial charge on any atom is 0.0337 e. The Morgan fingerprint density at radius 3 is 2.15 bits per heavy atom. The molecule has 2 aliphatic rings. The molecule has 0 spiro atoms. The Balaban J connectivity index is 1.39. The predicted molar refractivity (Wildman–Crippen MR) is 118 cm³/mol. The van der Waals surface area contributed by atoms with Gasteiger partial charge in [0, 0.05) is 16.9 Å². The van der Waals surface area contributed by atoms with Crippen LogP contribution in [0.1, 0.15) is 81.8 Å². The average molecular weight is 383 g/mol. The minimum Gasteiger partial charge on any atom is -0.123 e. The molecule has 0 nitrogen and oxygen atoms in total. The fourth-order valence-electron chi connectivity index (χ4n) is 4.67. The molecule has 0 N–H and O–H groups in total. The van der Waals surface area contributed by atoms with Gasteiger partial charge >= 0.3 is 0 Å². The molecule has 1 aromatic carbocycles. The van der Waals surface area contributed by atoms with Crippen LogP contribution in [0.15, 0.2) is 36.9 Å². The van der Waals surface area contributed by atoms with Crippen LogP contribution in [-0.4, -0.2) is 5.38 Å². The zero-order valence-electron chi connectivity index (χ0n) is 16.8. The monoisotopic (exact) mass is 382 g/mol. The van der Waals surface area contributed by atoms with E-state index in [4.69, 9.17) is 11.6 Å². The molecule has 2 fully saturated rings. The first-order valence-corrected chi connectivity index (χ1v) is 11.5. The largest absolute Gasteiger partial charge is 0.123 e. The standard InChI is InChI=1S/C26H35Cl/c1-2-3-4-21-5-7-22(8-6-21)9-10-23-11-13-24(14-12-23)15-16-25-17-19-26(27)20-18-25/h2,11-14,21-22,25-26H,1,3-10,17-20H2/t21-,22-,25-,26-. The van der Waals surface area contributed by atoms with E-state index in [0.29, 0.717) is 11.3 Å². The molecule has 146 valence electrons. The zero-order chi connectivity index (χ0) is 18.9. The Labute approximate surface area is 171 Å². The van der Waals surface area contributed by atoms with E-state index in [1.807, 2.05) is 0 Å². The van der Waals surface area contributed by atoms with Gasteiger partial charge in [-0.05, 0) is 80.9 Å². The molecule has 27 heavy (non-hydrogen) atoms. The lowest BCUT2D eigenvalue weighted by atomic mass is 9.78. The molecular formula is C26H35Cl. The van der Waals surface area contributed by atoms with E-state index in [1.54, 1.807) is 0 Å². The average Bonchev–Trinajstić information content (AvgIpc) is 2.72. The highest BCUT2D eigenvalue weighted by atomic mass is 35.5. The van der Waals surface area contributed by atoms with E-state index < -0.39 is 0 Å². The molecule has 0 aromatic heterocycles. The van der Waals surface area contributed by atoms with Gasteiger partial charge in [-0.1, -0.05) is 55.7 Å². The van der Waals surface area contributed by atoms with Crippen LogP contribution >= 0.6 is 11.6 Å². The smallest absolute Gasteiger partial charge is 0.0337 e. The number of hydrogen-bond acceptors (Lipinski definition) is 0. The highest BCUT2D eigenvalue weighted by Crippen LogP contribution is 2.34. The first kappa shape index (κ1) is 20.5. The highest BCUT2D eigenvalue weighted by Gasteiger charge is 2.20. The molecule has 2 aliphatic carbocycles. The van der Waals surface area contributed by atoms with Crippen molar-refractivity contribution >= 4 is 11.6 Å². The van der Waals surface area contributed by atoms with Crippen LogP contribution in [0.25, 0.3) is 0 Å². The molecule has 0 atom stereocenters. The van der Waals surface area contributed by atoms with E-state index >= 15 is 0 Å². The topological polar surface area (TPSA) is 0 Å². The summed E-state index contributed by atoms with van der Waals surface area (Å²) in [6.45, 7) is 3.85. The van der Waals surface area contributed by atoms with Gasteiger partial charge in [-0.15, -0.1) is 18.2 Å². The van der Waals surface area contributed by atoms with Crippen molar-refractivity contribution in [1.29, 1.82) is 0 Å². The van der Waals surface area contributed by atoms with Gasteiger partial charge < -0.3 is 0 Å². The number of halogens is 1. The van der Waals surface area contributed by atoms with E-state index in [0.717, 1.165) is 43.1 Å². The van der Waals surface area contributed by atoms with Crippen LogP contribution in [0.3, 0.4) is 0 Å². The fraction of sp³-hybridized carbons (Fsp3) is 0.615. The summed E-state index contributed by atoms with van der Waals surface area (Å²) in [5.74, 6) is 9.28.